The van der Waals surface area contributed by atoms with Gasteiger partial charge in [-0.3, -0.25) is 4.90 Å². The fourth-order valence-corrected chi connectivity index (χ4v) is 5.04. The van der Waals surface area contributed by atoms with Gasteiger partial charge >= 0.3 is 6.09 Å². The number of ether oxygens (including phenoxy) is 2. The molecule has 1 spiro atoms. The first-order valence-corrected chi connectivity index (χ1v) is 11.1. The first-order valence-electron chi connectivity index (χ1n) is 11.1. The molecule has 166 valence electrons. The van der Waals surface area contributed by atoms with Crippen LogP contribution in [0.1, 0.15) is 29.5 Å². The number of nitrogens with one attached hydrogen (secondary N) is 1. The lowest BCUT2D eigenvalue weighted by atomic mass is 9.82. The lowest BCUT2D eigenvalue weighted by Crippen LogP contribution is -2.54. The summed E-state index contributed by atoms with van der Waals surface area (Å²) in [6.07, 6.45) is 1.16. The molecular formula is C25H27N3O4. The van der Waals surface area contributed by atoms with Gasteiger partial charge in [0.2, 0.25) is 0 Å². The molecule has 7 heteroatoms. The molecule has 3 aliphatic rings. The van der Waals surface area contributed by atoms with Crippen molar-refractivity contribution in [2.24, 2.45) is 0 Å². The molecule has 2 fully saturated rings. The summed E-state index contributed by atoms with van der Waals surface area (Å²) in [5.74, 6) is 0. The van der Waals surface area contributed by atoms with Gasteiger partial charge in [-0.1, -0.05) is 36.4 Å². The topological polar surface area (TPSA) is 94.8 Å². The Hall–Kier alpha value is -2.92. The van der Waals surface area contributed by atoms with Gasteiger partial charge in [-0.05, 0) is 46.7 Å². The van der Waals surface area contributed by atoms with Crippen molar-refractivity contribution in [1.29, 1.82) is 5.26 Å². The van der Waals surface area contributed by atoms with Crippen LogP contribution in [0.4, 0.5) is 4.79 Å². The number of rotatable bonds is 5. The molecule has 2 aromatic carbocycles. The van der Waals surface area contributed by atoms with E-state index in [1.54, 1.807) is 0 Å². The van der Waals surface area contributed by atoms with E-state index in [-0.39, 0.29) is 5.60 Å². The summed E-state index contributed by atoms with van der Waals surface area (Å²) in [5.41, 5.74) is 5.58. The number of carboxylic acid groups (broad SMARTS) is 1. The number of fused-ring (bicyclic) bond motifs is 2. The summed E-state index contributed by atoms with van der Waals surface area (Å²) in [6, 6.07) is 16.4. The van der Waals surface area contributed by atoms with Crippen LogP contribution in [0.3, 0.4) is 0 Å². The summed E-state index contributed by atoms with van der Waals surface area (Å²) >= 11 is 0. The Morgan fingerprint density at radius 1 is 1.19 bits per heavy atom. The molecule has 2 aromatic rings. The van der Waals surface area contributed by atoms with Crippen molar-refractivity contribution >= 4 is 6.09 Å². The van der Waals surface area contributed by atoms with Gasteiger partial charge in [0.25, 0.3) is 0 Å². The van der Waals surface area contributed by atoms with Crippen LogP contribution in [0.5, 0.6) is 0 Å². The molecule has 0 aromatic heterocycles. The van der Waals surface area contributed by atoms with Gasteiger partial charge in [-0.2, -0.15) is 5.26 Å². The highest BCUT2D eigenvalue weighted by atomic mass is 16.5. The minimum Gasteiger partial charge on any atom is -0.465 e. The van der Waals surface area contributed by atoms with Gasteiger partial charge in [-0.15, -0.1) is 0 Å². The molecule has 0 unspecified atom stereocenters. The standard InChI is InChI=1S/C25H27N3O4/c26-13-21(27-24(29)30)11-17-1-3-18(4-2-17)19-5-6-20-14-32-25(23(20)12-19)7-9-28(10-8-25)22-15-31-16-22/h1-6,12,21-22,27H,7-11,14-16H2,(H,29,30)/t21-/m0/s1. The highest BCUT2D eigenvalue weighted by molar-refractivity contribution is 5.67. The molecule has 1 atom stereocenters. The Balaban J connectivity index is 1.31. The smallest absolute Gasteiger partial charge is 0.405 e. The van der Waals surface area contributed by atoms with Crippen molar-refractivity contribution in [1.82, 2.24) is 10.2 Å². The van der Waals surface area contributed by atoms with Crippen molar-refractivity contribution in [3.8, 4) is 17.2 Å². The predicted molar refractivity (Wildman–Crippen MR) is 118 cm³/mol. The highest BCUT2D eigenvalue weighted by Gasteiger charge is 2.44. The SMILES string of the molecule is N#C[C@H](Cc1ccc(-c2ccc3c(c2)C2(CCN(C4COC4)CC2)OC3)cc1)NC(=O)O. The maximum absolute atomic E-state index is 10.8. The number of benzene rings is 2. The van der Waals surface area contributed by atoms with E-state index in [0.29, 0.717) is 19.1 Å². The summed E-state index contributed by atoms with van der Waals surface area (Å²) in [6.45, 7) is 4.46. The van der Waals surface area contributed by atoms with Crippen LogP contribution in [0.25, 0.3) is 11.1 Å². The van der Waals surface area contributed by atoms with Gasteiger partial charge < -0.3 is 19.9 Å². The Kier molecular flexibility index (Phi) is 5.60. The summed E-state index contributed by atoms with van der Waals surface area (Å²) in [7, 11) is 0. The van der Waals surface area contributed by atoms with Crippen molar-refractivity contribution in [3.05, 3.63) is 59.2 Å². The third-order valence-electron chi connectivity index (χ3n) is 7.03. The van der Waals surface area contributed by atoms with Crippen molar-refractivity contribution < 1.29 is 19.4 Å². The van der Waals surface area contributed by atoms with Crippen LogP contribution in [-0.2, 0) is 28.1 Å². The average molecular weight is 434 g/mol. The van der Waals surface area contributed by atoms with E-state index in [0.717, 1.165) is 55.8 Å². The molecule has 3 aliphatic heterocycles. The molecule has 0 bridgehead atoms. The number of piperidine rings is 1. The summed E-state index contributed by atoms with van der Waals surface area (Å²) in [4.78, 5) is 13.3. The Bertz CT molecular complexity index is 1030. The van der Waals surface area contributed by atoms with Crippen LogP contribution in [0.15, 0.2) is 42.5 Å². The monoisotopic (exact) mass is 433 g/mol. The lowest BCUT2D eigenvalue weighted by molar-refractivity contribution is -0.119. The normalized spacial score (nSPS) is 20.8. The second-order valence-electron chi connectivity index (χ2n) is 8.91. The molecule has 0 aliphatic carbocycles. The lowest BCUT2D eigenvalue weighted by Gasteiger charge is -2.45. The van der Waals surface area contributed by atoms with E-state index in [1.807, 2.05) is 30.3 Å². The number of amides is 1. The van der Waals surface area contributed by atoms with Gasteiger partial charge in [-0.25, -0.2) is 4.79 Å². The molecule has 2 N–H and O–H groups in total. The zero-order valence-corrected chi connectivity index (χ0v) is 17.9. The Morgan fingerprint density at radius 2 is 1.91 bits per heavy atom. The molecular weight excluding hydrogens is 406 g/mol. The molecule has 3 heterocycles. The molecule has 0 radical (unpaired) electrons. The largest absolute Gasteiger partial charge is 0.465 e. The van der Waals surface area contributed by atoms with Gasteiger partial charge in [0, 0.05) is 19.5 Å². The van der Waals surface area contributed by atoms with E-state index >= 15 is 0 Å². The number of carbonyl (C=O) groups is 1. The molecule has 32 heavy (non-hydrogen) atoms. The fourth-order valence-electron chi connectivity index (χ4n) is 5.04. The second-order valence-corrected chi connectivity index (χ2v) is 8.91. The van der Waals surface area contributed by atoms with Crippen molar-refractivity contribution in [3.63, 3.8) is 0 Å². The van der Waals surface area contributed by atoms with Crippen molar-refractivity contribution in [2.45, 2.75) is 43.6 Å². The van der Waals surface area contributed by atoms with E-state index in [2.05, 4.69) is 28.4 Å². The number of nitrogens with zero attached hydrogens (tertiary/aromatic N) is 2. The van der Waals surface area contributed by atoms with Crippen LogP contribution in [0.2, 0.25) is 0 Å². The van der Waals surface area contributed by atoms with Crippen molar-refractivity contribution in [2.75, 3.05) is 26.3 Å². The second kappa shape index (κ2) is 8.55. The van der Waals surface area contributed by atoms with Crippen LogP contribution >= 0.6 is 0 Å². The predicted octanol–water partition coefficient (Wildman–Crippen LogP) is 3.28. The van der Waals surface area contributed by atoms with Gasteiger partial charge in [0.05, 0.1) is 37.5 Å². The first kappa shape index (κ1) is 21.0. The maximum Gasteiger partial charge on any atom is 0.405 e. The fraction of sp³-hybridized carbons (Fsp3) is 0.440. The number of hydrogen-bond donors (Lipinski definition) is 2. The number of likely N-dealkylation sites (tertiary alicyclic amines) is 1. The molecule has 2 saturated heterocycles. The van der Waals surface area contributed by atoms with E-state index in [9.17, 15) is 4.79 Å². The zero-order valence-electron chi connectivity index (χ0n) is 17.9. The minimum absolute atomic E-state index is 0.186. The number of nitriles is 1. The van der Waals surface area contributed by atoms with E-state index in [4.69, 9.17) is 19.8 Å². The van der Waals surface area contributed by atoms with Crippen LogP contribution in [-0.4, -0.2) is 54.5 Å². The first-order chi connectivity index (χ1) is 15.6. The highest BCUT2D eigenvalue weighted by Crippen LogP contribution is 2.45. The van der Waals surface area contributed by atoms with Gasteiger partial charge in [0.15, 0.2) is 0 Å². The third kappa shape index (κ3) is 3.97. The summed E-state index contributed by atoms with van der Waals surface area (Å²) in [5, 5.41) is 20.2. The molecule has 7 nitrogen and oxygen atoms in total. The van der Waals surface area contributed by atoms with E-state index in [1.165, 1.54) is 11.1 Å². The van der Waals surface area contributed by atoms with Crippen LogP contribution < -0.4 is 5.32 Å². The Morgan fingerprint density at radius 3 is 2.53 bits per heavy atom. The molecule has 5 rings (SSSR count). The third-order valence-corrected chi connectivity index (χ3v) is 7.03. The molecule has 1 amide bonds. The van der Waals surface area contributed by atoms with E-state index < -0.39 is 12.1 Å². The maximum atomic E-state index is 10.8. The van der Waals surface area contributed by atoms with Gasteiger partial charge in [0.1, 0.15) is 6.04 Å². The minimum atomic E-state index is -1.19. The Labute approximate surface area is 187 Å². The number of hydrogen-bond acceptors (Lipinski definition) is 5. The van der Waals surface area contributed by atoms with Crippen LogP contribution in [0, 0.1) is 11.3 Å². The zero-order chi connectivity index (χ0) is 22.1. The molecule has 0 saturated carbocycles. The average Bonchev–Trinajstić information content (AvgIpc) is 3.11. The quantitative estimate of drug-likeness (QED) is 0.752. The summed E-state index contributed by atoms with van der Waals surface area (Å²) < 4.78 is 11.7.